The standard InChI is InChI=1S/C7H6N2O2S/c1-3-11-7(10)5-6(8-2)9-4-12-5/h4H,3H2,1H3. The lowest BCUT2D eigenvalue weighted by molar-refractivity contribution is 0.0533. The van der Waals surface area contributed by atoms with Crippen LogP contribution in [0.5, 0.6) is 0 Å². The molecule has 0 fully saturated rings. The van der Waals surface area contributed by atoms with Gasteiger partial charge in [0, 0.05) is 0 Å². The number of esters is 1. The fourth-order valence-corrected chi connectivity index (χ4v) is 1.27. The van der Waals surface area contributed by atoms with Gasteiger partial charge in [0.1, 0.15) is 4.88 Å². The minimum absolute atomic E-state index is 0.124. The van der Waals surface area contributed by atoms with E-state index in [0.717, 1.165) is 11.3 Å². The third kappa shape index (κ3) is 1.60. The zero-order chi connectivity index (χ0) is 8.97. The van der Waals surface area contributed by atoms with Gasteiger partial charge in [-0.25, -0.2) is 4.79 Å². The molecule has 0 radical (unpaired) electrons. The maximum Gasteiger partial charge on any atom is 0.339 e. The van der Waals surface area contributed by atoms with Gasteiger partial charge in [0.25, 0.3) is 5.82 Å². The van der Waals surface area contributed by atoms with Crippen molar-refractivity contribution < 1.29 is 9.53 Å². The first-order valence-corrected chi connectivity index (χ1v) is 4.15. The normalized spacial score (nSPS) is 9.00. The van der Waals surface area contributed by atoms with Crippen LogP contribution in [-0.4, -0.2) is 17.6 Å². The van der Waals surface area contributed by atoms with Crippen LogP contribution < -0.4 is 0 Å². The molecule has 0 aliphatic rings. The van der Waals surface area contributed by atoms with Gasteiger partial charge < -0.3 is 9.58 Å². The first kappa shape index (κ1) is 8.68. The number of ether oxygens (including phenoxy) is 1. The van der Waals surface area contributed by atoms with Crippen LogP contribution in [0.2, 0.25) is 0 Å². The van der Waals surface area contributed by atoms with Gasteiger partial charge in [0.15, 0.2) is 5.51 Å². The summed E-state index contributed by atoms with van der Waals surface area (Å²) in [5.74, 6) is -0.343. The number of hydrogen-bond acceptors (Lipinski definition) is 4. The van der Waals surface area contributed by atoms with E-state index in [-0.39, 0.29) is 10.7 Å². The SMILES string of the molecule is [C-]#[N+]c1ncsc1C(=O)OCC. The number of rotatable bonds is 2. The first-order chi connectivity index (χ1) is 5.79. The number of nitrogens with zero attached hydrogens (tertiary/aromatic N) is 2. The number of hydrogen-bond donors (Lipinski definition) is 0. The highest BCUT2D eigenvalue weighted by molar-refractivity contribution is 7.12. The number of thiazole rings is 1. The Hall–Kier alpha value is -1.41. The second-order valence-corrected chi connectivity index (χ2v) is 2.69. The van der Waals surface area contributed by atoms with Gasteiger partial charge in [-0.15, -0.1) is 16.3 Å². The lowest BCUT2D eigenvalue weighted by atomic mass is 10.5. The molecule has 0 saturated carbocycles. The summed E-state index contributed by atoms with van der Waals surface area (Å²) < 4.78 is 4.72. The summed E-state index contributed by atoms with van der Waals surface area (Å²) >= 11 is 1.12. The highest BCUT2D eigenvalue weighted by Crippen LogP contribution is 2.21. The minimum atomic E-state index is -0.467. The maximum atomic E-state index is 11.1. The fraction of sp³-hybridized carbons (Fsp3) is 0.286. The zero-order valence-corrected chi connectivity index (χ0v) is 7.22. The highest BCUT2D eigenvalue weighted by atomic mass is 32.1. The van der Waals surface area contributed by atoms with E-state index in [1.807, 2.05) is 0 Å². The quantitative estimate of drug-likeness (QED) is 0.518. The molecule has 0 bridgehead atoms. The van der Waals surface area contributed by atoms with E-state index < -0.39 is 5.97 Å². The predicted octanol–water partition coefficient (Wildman–Crippen LogP) is 1.87. The molecular formula is C7H6N2O2S. The molecule has 0 spiro atoms. The summed E-state index contributed by atoms with van der Waals surface area (Å²) in [5.41, 5.74) is 1.46. The van der Waals surface area contributed by atoms with Crippen molar-refractivity contribution in [2.45, 2.75) is 6.92 Å². The average molecular weight is 182 g/mol. The summed E-state index contributed by atoms with van der Waals surface area (Å²) in [4.78, 5) is 18.2. The summed E-state index contributed by atoms with van der Waals surface area (Å²) in [6.45, 7) is 8.72. The van der Waals surface area contributed by atoms with Crippen molar-refractivity contribution in [3.63, 3.8) is 0 Å². The van der Waals surface area contributed by atoms with Crippen LogP contribution in [0.3, 0.4) is 0 Å². The average Bonchev–Trinajstić information content (AvgIpc) is 2.51. The largest absolute Gasteiger partial charge is 0.463 e. The zero-order valence-electron chi connectivity index (χ0n) is 6.40. The smallest absolute Gasteiger partial charge is 0.339 e. The van der Waals surface area contributed by atoms with Crippen molar-refractivity contribution in [1.29, 1.82) is 0 Å². The molecule has 62 valence electrons. The molecule has 5 heteroatoms. The Kier molecular flexibility index (Phi) is 2.77. The van der Waals surface area contributed by atoms with Crippen LogP contribution in [0.1, 0.15) is 16.6 Å². The molecule has 0 saturated heterocycles. The maximum absolute atomic E-state index is 11.1. The van der Waals surface area contributed by atoms with E-state index >= 15 is 0 Å². The van der Waals surface area contributed by atoms with E-state index in [9.17, 15) is 4.79 Å². The predicted molar refractivity (Wildman–Crippen MR) is 44.3 cm³/mol. The van der Waals surface area contributed by atoms with Crippen LogP contribution in [0.25, 0.3) is 4.85 Å². The Morgan fingerprint density at radius 2 is 2.67 bits per heavy atom. The van der Waals surface area contributed by atoms with Crippen molar-refractivity contribution in [2.75, 3.05) is 6.61 Å². The molecule has 1 aromatic heterocycles. The van der Waals surface area contributed by atoms with Crippen molar-refractivity contribution in [3.05, 3.63) is 21.8 Å². The van der Waals surface area contributed by atoms with Gasteiger partial charge in [0.05, 0.1) is 6.61 Å². The number of carbonyl (C=O) groups excluding carboxylic acids is 1. The Morgan fingerprint density at radius 3 is 3.25 bits per heavy atom. The van der Waals surface area contributed by atoms with Gasteiger partial charge in [-0.05, 0) is 6.92 Å². The third-order valence-corrected chi connectivity index (χ3v) is 1.91. The molecule has 0 aromatic carbocycles. The van der Waals surface area contributed by atoms with Crippen LogP contribution in [0.4, 0.5) is 5.82 Å². The van der Waals surface area contributed by atoms with Gasteiger partial charge in [0.2, 0.25) is 0 Å². The summed E-state index contributed by atoms with van der Waals surface area (Å²) in [6, 6.07) is 0. The van der Waals surface area contributed by atoms with E-state index in [1.54, 1.807) is 6.92 Å². The van der Waals surface area contributed by atoms with Crippen LogP contribution >= 0.6 is 11.3 Å². The molecule has 0 atom stereocenters. The Labute approximate surface area is 73.6 Å². The molecule has 0 aliphatic heterocycles. The monoisotopic (exact) mass is 182 g/mol. The van der Waals surface area contributed by atoms with Crippen LogP contribution in [0.15, 0.2) is 5.51 Å². The molecule has 0 aliphatic carbocycles. The van der Waals surface area contributed by atoms with Gasteiger partial charge in [-0.2, -0.15) is 0 Å². The molecular weight excluding hydrogens is 176 g/mol. The Morgan fingerprint density at radius 1 is 1.92 bits per heavy atom. The molecule has 1 aromatic rings. The number of aromatic nitrogens is 1. The molecule has 1 heterocycles. The first-order valence-electron chi connectivity index (χ1n) is 3.27. The van der Waals surface area contributed by atoms with Gasteiger partial charge in [-0.1, -0.05) is 6.57 Å². The van der Waals surface area contributed by atoms with Gasteiger partial charge in [-0.3, -0.25) is 0 Å². The molecule has 4 nitrogen and oxygen atoms in total. The molecule has 1 rings (SSSR count). The van der Waals surface area contributed by atoms with Crippen molar-refractivity contribution in [2.24, 2.45) is 0 Å². The highest BCUT2D eigenvalue weighted by Gasteiger charge is 2.15. The molecule has 0 unspecified atom stereocenters. The lowest BCUT2D eigenvalue weighted by Gasteiger charge is -1.97. The van der Waals surface area contributed by atoms with E-state index in [1.165, 1.54) is 5.51 Å². The van der Waals surface area contributed by atoms with Crippen molar-refractivity contribution in [1.82, 2.24) is 4.98 Å². The van der Waals surface area contributed by atoms with Crippen LogP contribution in [-0.2, 0) is 4.74 Å². The Bertz CT molecular complexity index is 326. The van der Waals surface area contributed by atoms with Gasteiger partial charge >= 0.3 is 5.97 Å². The second kappa shape index (κ2) is 3.83. The minimum Gasteiger partial charge on any atom is -0.463 e. The molecule has 0 N–H and O–H groups in total. The molecule has 12 heavy (non-hydrogen) atoms. The van der Waals surface area contributed by atoms with E-state index in [2.05, 4.69) is 9.83 Å². The topological polar surface area (TPSA) is 43.5 Å². The second-order valence-electron chi connectivity index (χ2n) is 1.84. The Balaban J connectivity index is 2.88. The lowest BCUT2D eigenvalue weighted by Crippen LogP contribution is -2.01. The van der Waals surface area contributed by atoms with Crippen LogP contribution in [0, 0.1) is 6.57 Å². The number of carbonyl (C=O) groups is 1. The van der Waals surface area contributed by atoms with E-state index in [0.29, 0.717) is 6.61 Å². The molecule has 0 amide bonds. The summed E-state index contributed by atoms with van der Waals surface area (Å²) in [5, 5.41) is 0. The van der Waals surface area contributed by atoms with Crippen molar-refractivity contribution in [3.8, 4) is 0 Å². The van der Waals surface area contributed by atoms with E-state index in [4.69, 9.17) is 11.3 Å². The summed E-state index contributed by atoms with van der Waals surface area (Å²) in [7, 11) is 0. The van der Waals surface area contributed by atoms with Crippen molar-refractivity contribution >= 4 is 23.1 Å². The fourth-order valence-electron chi connectivity index (χ4n) is 0.656. The third-order valence-electron chi connectivity index (χ3n) is 1.12. The summed E-state index contributed by atoms with van der Waals surface area (Å²) in [6.07, 6.45) is 0.